The molecule has 1 atom stereocenters. The maximum absolute atomic E-state index is 14.0. The highest BCUT2D eigenvalue weighted by molar-refractivity contribution is 5.95. The number of carbonyl (C=O) groups is 1. The fourth-order valence-electron chi connectivity index (χ4n) is 2.47. The van der Waals surface area contributed by atoms with Crippen molar-refractivity contribution in [3.05, 3.63) is 78.4 Å². The molecule has 0 saturated carbocycles. The van der Waals surface area contributed by atoms with Crippen molar-refractivity contribution in [2.45, 2.75) is 19.5 Å². The van der Waals surface area contributed by atoms with Crippen molar-refractivity contribution < 1.29 is 13.6 Å². The summed E-state index contributed by atoms with van der Waals surface area (Å²) in [4.78, 5) is 18.2. The maximum atomic E-state index is 14.0. The van der Waals surface area contributed by atoms with Crippen LogP contribution in [0.25, 0.3) is 0 Å². The van der Waals surface area contributed by atoms with Gasteiger partial charge in [-0.1, -0.05) is 18.2 Å². The van der Waals surface area contributed by atoms with Gasteiger partial charge in [-0.25, -0.2) is 18.4 Å². The van der Waals surface area contributed by atoms with Crippen LogP contribution in [0, 0.1) is 11.6 Å². The molecule has 0 radical (unpaired) electrons. The molecule has 0 saturated heterocycles. The Hall–Kier alpha value is -3.09. The first-order chi connectivity index (χ1) is 12.1. The van der Waals surface area contributed by atoms with Gasteiger partial charge in [0.2, 0.25) is 0 Å². The predicted molar refractivity (Wildman–Crippen MR) is 88.7 cm³/mol. The number of anilines is 1. The fourth-order valence-corrected chi connectivity index (χ4v) is 2.47. The van der Waals surface area contributed by atoms with Crippen LogP contribution in [0.5, 0.6) is 0 Å². The number of rotatable bonds is 5. The summed E-state index contributed by atoms with van der Waals surface area (Å²) in [6.45, 7) is 1.70. The number of nitrogens with zero attached hydrogens (tertiary/aromatic N) is 4. The fraction of sp³-hybridized carbons (Fsp3) is 0.167. The minimum Gasteiger partial charge on any atom is -0.306 e. The summed E-state index contributed by atoms with van der Waals surface area (Å²) in [5.74, 6) is -1.12. The van der Waals surface area contributed by atoms with Gasteiger partial charge >= 0.3 is 0 Å². The number of amides is 1. The summed E-state index contributed by atoms with van der Waals surface area (Å²) in [6.07, 6.45) is 2.78. The number of benzene rings is 2. The molecule has 1 unspecified atom stereocenters. The highest BCUT2D eigenvalue weighted by Crippen LogP contribution is 2.22. The molecule has 0 aliphatic heterocycles. The summed E-state index contributed by atoms with van der Waals surface area (Å²) in [7, 11) is 0. The molecule has 0 aliphatic rings. The molecule has 0 fully saturated rings. The van der Waals surface area contributed by atoms with E-state index in [1.165, 1.54) is 52.6 Å². The Morgan fingerprint density at radius 1 is 1.16 bits per heavy atom. The van der Waals surface area contributed by atoms with Crippen LogP contribution in [0.1, 0.15) is 18.5 Å². The Morgan fingerprint density at radius 3 is 2.52 bits per heavy atom. The third kappa shape index (κ3) is 3.71. The van der Waals surface area contributed by atoms with E-state index in [0.29, 0.717) is 11.3 Å². The zero-order valence-electron chi connectivity index (χ0n) is 13.5. The van der Waals surface area contributed by atoms with E-state index in [0.717, 1.165) is 0 Å². The molecule has 7 heteroatoms. The van der Waals surface area contributed by atoms with E-state index in [1.54, 1.807) is 25.1 Å². The van der Waals surface area contributed by atoms with Gasteiger partial charge in [0.05, 0.1) is 6.54 Å². The summed E-state index contributed by atoms with van der Waals surface area (Å²) in [5.41, 5.74) is 0.840. The zero-order chi connectivity index (χ0) is 17.8. The Morgan fingerprint density at radius 2 is 1.88 bits per heavy atom. The standard InChI is InChI=1S/C18H16F2N4O/c1-13(24-12-21-11-22-24)18(25)23(16-8-6-15(19)7-9-16)10-14-4-2-3-5-17(14)20/h2-9,11-13H,10H2,1H3. The van der Waals surface area contributed by atoms with Gasteiger partial charge in [0, 0.05) is 11.3 Å². The van der Waals surface area contributed by atoms with Crippen molar-refractivity contribution in [3.8, 4) is 0 Å². The van der Waals surface area contributed by atoms with Crippen LogP contribution in [0.15, 0.2) is 61.2 Å². The van der Waals surface area contributed by atoms with Crippen LogP contribution in [-0.4, -0.2) is 20.7 Å². The predicted octanol–water partition coefficient (Wildman–Crippen LogP) is 3.35. The molecule has 25 heavy (non-hydrogen) atoms. The van der Waals surface area contributed by atoms with Crippen LogP contribution in [0.4, 0.5) is 14.5 Å². The zero-order valence-corrected chi connectivity index (χ0v) is 13.5. The lowest BCUT2D eigenvalue weighted by molar-refractivity contribution is -0.121. The summed E-state index contributed by atoms with van der Waals surface area (Å²) in [5, 5.41) is 3.98. The Labute approximate surface area is 143 Å². The average Bonchev–Trinajstić information content (AvgIpc) is 3.15. The van der Waals surface area contributed by atoms with E-state index in [1.807, 2.05) is 0 Å². The summed E-state index contributed by atoms with van der Waals surface area (Å²) < 4.78 is 28.7. The molecule has 0 N–H and O–H groups in total. The Kier molecular flexibility index (Phi) is 4.83. The lowest BCUT2D eigenvalue weighted by Gasteiger charge is -2.26. The van der Waals surface area contributed by atoms with Crippen LogP contribution in [0.2, 0.25) is 0 Å². The van der Waals surface area contributed by atoms with E-state index < -0.39 is 17.7 Å². The van der Waals surface area contributed by atoms with Crippen molar-refractivity contribution in [1.29, 1.82) is 0 Å². The first-order valence-electron chi connectivity index (χ1n) is 7.70. The average molecular weight is 342 g/mol. The molecule has 5 nitrogen and oxygen atoms in total. The molecule has 3 aromatic rings. The molecule has 2 aromatic carbocycles. The molecule has 0 bridgehead atoms. The minimum atomic E-state index is -0.640. The van der Waals surface area contributed by atoms with Crippen LogP contribution >= 0.6 is 0 Å². The maximum Gasteiger partial charge on any atom is 0.251 e. The molecular formula is C18H16F2N4O. The smallest absolute Gasteiger partial charge is 0.251 e. The van der Waals surface area contributed by atoms with E-state index in [2.05, 4.69) is 10.1 Å². The molecule has 1 amide bonds. The molecular weight excluding hydrogens is 326 g/mol. The molecule has 1 heterocycles. The molecule has 0 aliphatic carbocycles. The van der Waals surface area contributed by atoms with E-state index in [9.17, 15) is 13.6 Å². The molecule has 128 valence electrons. The van der Waals surface area contributed by atoms with Crippen LogP contribution < -0.4 is 4.90 Å². The van der Waals surface area contributed by atoms with Crippen LogP contribution in [-0.2, 0) is 11.3 Å². The second-order valence-electron chi connectivity index (χ2n) is 5.54. The van der Waals surface area contributed by atoms with Crippen molar-refractivity contribution in [2.75, 3.05) is 4.90 Å². The Bertz CT molecular complexity index is 850. The van der Waals surface area contributed by atoms with Gasteiger partial charge in [0.25, 0.3) is 5.91 Å². The van der Waals surface area contributed by atoms with Crippen molar-refractivity contribution in [2.24, 2.45) is 0 Å². The van der Waals surface area contributed by atoms with Gasteiger partial charge < -0.3 is 4.90 Å². The number of halogens is 2. The molecule has 0 spiro atoms. The Balaban J connectivity index is 1.95. The number of hydrogen-bond acceptors (Lipinski definition) is 3. The van der Waals surface area contributed by atoms with Gasteiger partial charge in [-0.3, -0.25) is 4.79 Å². The normalized spacial score (nSPS) is 12.0. The van der Waals surface area contributed by atoms with E-state index in [-0.39, 0.29) is 12.5 Å². The van der Waals surface area contributed by atoms with E-state index in [4.69, 9.17) is 0 Å². The highest BCUT2D eigenvalue weighted by atomic mass is 19.1. The number of aromatic nitrogens is 3. The van der Waals surface area contributed by atoms with Crippen molar-refractivity contribution in [3.63, 3.8) is 0 Å². The first kappa shape index (κ1) is 16.8. The second-order valence-corrected chi connectivity index (χ2v) is 5.54. The van der Waals surface area contributed by atoms with Crippen molar-refractivity contribution >= 4 is 11.6 Å². The third-order valence-corrected chi connectivity index (χ3v) is 3.88. The number of carbonyl (C=O) groups excluding carboxylic acids is 1. The van der Waals surface area contributed by atoms with Crippen LogP contribution in [0.3, 0.4) is 0 Å². The first-order valence-corrected chi connectivity index (χ1v) is 7.70. The molecule has 3 rings (SSSR count). The molecule has 1 aromatic heterocycles. The summed E-state index contributed by atoms with van der Waals surface area (Å²) in [6, 6.07) is 11.1. The third-order valence-electron chi connectivity index (χ3n) is 3.88. The van der Waals surface area contributed by atoms with Crippen molar-refractivity contribution in [1.82, 2.24) is 14.8 Å². The highest BCUT2D eigenvalue weighted by Gasteiger charge is 2.25. The minimum absolute atomic E-state index is 0.0240. The number of hydrogen-bond donors (Lipinski definition) is 0. The van der Waals surface area contributed by atoms with E-state index >= 15 is 0 Å². The second kappa shape index (κ2) is 7.21. The largest absolute Gasteiger partial charge is 0.306 e. The van der Waals surface area contributed by atoms with Gasteiger partial charge in [-0.2, -0.15) is 5.10 Å². The van der Waals surface area contributed by atoms with Gasteiger partial charge in [-0.15, -0.1) is 0 Å². The lowest BCUT2D eigenvalue weighted by Crippen LogP contribution is -2.36. The topological polar surface area (TPSA) is 51.0 Å². The van der Waals surface area contributed by atoms with Gasteiger partial charge in [0.15, 0.2) is 0 Å². The lowest BCUT2D eigenvalue weighted by atomic mass is 10.1. The SMILES string of the molecule is CC(C(=O)N(Cc1ccccc1F)c1ccc(F)cc1)n1cncn1. The van der Waals surface area contributed by atoms with Gasteiger partial charge in [-0.05, 0) is 37.3 Å². The monoisotopic (exact) mass is 342 g/mol. The summed E-state index contributed by atoms with van der Waals surface area (Å²) >= 11 is 0. The quantitative estimate of drug-likeness (QED) is 0.714. The van der Waals surface area contributed by atoms with Gasteiger partial charge in [0.1, 0.15) is 30.3 Å².